The molecule has 0 radical (unpaired) electrons. The molecule has 0 fully saturated rings. The highest BCUT2D eigenvalue weighted by atomic mass is 15.0. The van der Waals surface area contributed by atoms with E-state index >= 15 is 0 Å². The molecule has 3 heterocycles. The maximum absolute atomic E-state index is 5.46. The van der Waals surface area contributed by atoms with Gasteiger partial charge in [0.05, 0.1) is 44.8 Å². The van der Waals surface area contributed by atoms with Gasteiger partial charge in [-0.15, -0.1) is 0 Å². The Morgan fingerprint density at radius 1 is 0.288 bits per heavy atom. The summed E-state index contributed by atoms with van der Waals surface area (Å²) in [5.41, 5.74) is 16.1. The molecule has 0 aliphatic heterocycles. The molecule has 4 heteroatoms. The van der Waals surface area contributed by atoms with Gasteiger partial charge in [-0.1, -0.05) is 194 Å². The number of para-hydroxylation sites is 3. The molecule has 0 N–H and O–H groups in total. The molecule has 0 saturated heterocycles. The van der Waals surface area contributed by atoms with Gasteiger partial charge >= 0.3 is 0 Å². The summed E-state index contributed by atoms with van der Waals surface area (Å²) in [5.74, 6) is 0.659. The molecule has 3 aromatic heterocycles. The van der Waals surface area contributed by atoms with Crippen LogP contribution in [-0.4, -0.2) is 19.1 Å². The van der Waals surface area contributed by atoms with Crippen LogP contribution in [0, 0.1) is 0 Å². The fourth-order valence-electron chi connectivity index (χ4n) is 10.1. The largest absolute Gasteiger partial charge is 0.308 e. The monoisotopic (exact) mass is 840 g/mol. The number of fused-ring (bicyclic) bond motifs is 8. The maximum atomic E-state index is 5.46. The highest BCUT2D eigenvalue weighted by Crippen LogP contribution is 2.44. The zero-order valence-corrected chi connectivity index (χ0v) is 35.9. The predicted octanol–water partition coefficient (Wildman–Crippen LogP) is 16.2. The summed E-state index contributed by atoms with van der Waals surface area (Å²) >= 11 is 0. The molecule has 0 bridgehead atoms. The number of aromatic nitrogens is 4. The molecular formula is C62H40N4. The first kappa shape index (κ1) is 37.7. The maximum Gasteiger partial charge on any atom is 0.162 e. The first-order valence-corrected chi connectivity index (χ1v) is 22.5. The summed E-state index contributed by atoms with van der Waals surface area (Å²) in [6.07, 6.45) is 0. The van der Waals surface area contributed by atoms with Crippen LogP contribution in [0.1, 0.15) is 0 Å². The average molecular weight is 841 g/mol. The van der Waals surface area contributed by atoms with Gasteiger partial charge in [0.2, 0.25) is 0 Å². The quantitative estimate of drug-likeness (QED) is 0.160. The second kappa shape index (κ2) is 15.4. The van der Waals surface area contributed by atoms with Crippen LogP contribution in [0.25, 0.3) is 122 Å². The third kappa shape index (κ3) is 6.15. The Morgan fingerprint density at radius 2 is 0.818 bits per heavy atom. The summed E-state index contributed by atoms with van der Waals surface area (Å²) in [5, 5.41) is 7.26. The lowest BCUT2D eigenvalue weighted by Gasteiger charge is -2.16. The highest BCUT2D eigenvalue weighted by Gasteiger charge is 2.23. The average Bonchev–Trinajstić information content (AvgIpc) is 3.92. The van der Waals surface area contributed by atoms with Crippen molar-refractivity contribution in [3.8, 4) is 67.5 Å². The summed E-state index contributed by atoms with van der Waals surface area (Å²) < 4.78 is 4.91. The van der Waals surface area contributed by atoms with Gasteiger partial charge in [0.15, 0.2) is 5.82 Å². The van der Waals surface area contributed by atoms with Crippen molar-refractivity contribution in [1.82, 2.24) is 19.1 Å². The van der Waals surface area contributed by atoms with Crippen LogP contribution in [0.5, 0.6) is 0 Å². The van der Waals surface area contributed by atoms with Crippen LogP contribution in [0.4, 0.5) is 0 Å². The second-order valence-corrected chi connectivity index (χ2v) is 16.9. The molecule has 0 aliphatic carbocycles. The van der Waals surface area contributed by atoms with Crippen molar-refractivity contribution < 1.29 is 0 Å². The SMILES string of the molecule is c1ccc(-c2ccc(-c3cc(-c4cccc(-c5ccccc5)c4)nc(-c4ccccc4-n4c5ccccc5c5c4ccc4c6ccccc6n(-c6cccc7ccccc67)c45)n3)cc2)cc1. The zero-order valence-electron chi connectivity index (χ0n) is 35.9. The molecule has 0 amide bonds. The van der Waals surface area contributed by atoms with Gasteiger partial charge in [0, 0.05) is 43.6 Å². The van der Waals surface area contributed by atoms with Crippen molar-refractivity contribution in [3.05, 3.63) is 243 Å². The van der Waals surface area contributed by atoms with Crippen LogP contribution in [0.2, 0.25) is 0 Å². The van der Waals surface area contributed by atoms with E-state index in [1.54, 1.807) is 0 Å². The minimum atomic E-state index is 0.659. The third-order valence-corrected chi connectivity index (χ3v) is 13.1. The van der Waals surface area contributed by atoms with Crippen LogP contribution >= 0.6 is 0 Å². The summed E-state index contributed by atoms with van der Waals surface area (Å²) in [6.45, 7) is 0. The van der Waals surface area contributed by atoms with Crippen molar-refractivity contribution in [2.45, 2.75) is 0 Å². The lowest BCUT2D eigenvalue weighted by atomic mass is 9.99. The molecule has 0 unspecified atom stereocenters. The van der Waals surface area contributed by atoms with Gasteiger partial charge in [-0.2, -0.15) is 0 Å². The molecule has 10 aromatic carbocycles. The molecule has 66 heavy (non-hydrogen) atoms. The van der Waals surface area contributed by atoms with Crippen molar-refractivity contribution >= 4 is 54.4 Å². The minimum Gasteiger partial charge on any atom is -0.308 e. The fourth-order valence-corrected chi connectivity index (χ4v) is 10.1. The van der Waals surface area contributed by atoms with Gasteiger partial charge < -0.3 is 9.13 Å². The Labute approximate surface area is 382 Å². The number of benzene rings is 10. The minimum absolute atomic E-state index is 0.659. The van der Waals surface area contributed by atoms with E-state index in [0.717, 1.165) is 67.2 Å². The first-order chi connectivity index (χ1) is 32.7. The summed E-state index contributed by atoms with van der Waals surface area (Å²) in [6, 6.07) is 86.8. The molecule has 13 rings (SSSR count). The van der Waals surface area contributed by atoms with E-state index in [1.807, 2.05) is 0 Å². The number of rotatable bonds is 7. The molecule has 0 aliphatic rings. The van der Waals surface area contributed by atoms with Crippen LogP contribution in [0.15, 0.2) is 243 Å². The molecule has 0 saturated carbocycles. The van der Waals surface area contributed by atoms with Crippen molar-refractivity contribution in [3.63, 3.8) is 0 Å². The van der Waals surface area contributed by atoms with E-state index in [4.69, 9.17) is 9.97 Å². The van der Waals surface area contributed by atoms with Crippen LogP contribution in [0.3, 0.4) is 0 Å². The Balaban J connectivity index is 1.06. The standard InChI is InChI=1S/C62H40N4/c1-3-17-41(18-4-1)43-33-35-45(36-34-43)53-40-54(47-24-15-23-46(39-47)42-19-5-2-6-20-42)64-62(63-53)52-28-11-14-31-58(52)65-57-30-13-10-27-51(57)60-59(65)38-37-50-49-26-9-12-29-56(49)66(61(50)60)55-32-16-22-44-21-7-8-25-48(44)55/h1-40H. The van der Waals surface area contributed by atoms with Gasteiger partial charge in [-0.3, -0.25) is 0 Å². The number of hydrogen-bond acceptors (Lipinski definition) is 2. The number of hydrogen-bond donors (Lipinski definition) is 0. The normalized spacial score (nSPS) is 11.6. The third-order valence-electron chi connectivity index (χ3n) is 13.1. The number of nitrogens with zero attached hydrogens (tertiary/aromatic N) is 4. The van der Waals surface area contributed by atoms with E-state index in [9.17, 15) is 0 Å². The van der Waals surface area contributed by atoms with E-state index < -0.39 is 0 Å². The van der Waals surface area contributed by atoms with Crippen molar-refractivity contribution in [2.24, 2.45) is 0 Å². The van der Waals surface area contributed by atoms with Crippen LogP contribution < -0.4 is 0 Å². The fraction of sp³-hybridized carbons (Fsp3) is 0. The van der Waals surface area contributed by atoms with Gasteiger partial charge in [-0.05, 0) is 76.2 Å². The van der Waals surface area contributed by atoms with Crippen LogP contribution in [-0.2, 0) is 0 Å². The van der Waals surface area contributed by atoms with E-state index in [0.29, 0.717) is 5.82 Å². The first-order valence-electron chi connectivity index (χ1n) is 22.5. The molecule has 4 nitrogen and oxygen atoms in total. The zero-order chi connectivity index (χ0) is 43.6. The Morgan fingerprint density at radius 3 is 1.61 bits per heavy atom. The van der Waals surface area contributed by atoms with E-state index in [1.165, 1.54) is 48.9 Å². The smallest absolute Gasteiger partial charge is 0.162 e. The molecule has 0 spiro atoms. The molecule has 13 aromatic rings. The van der Waals surface area contributed by atoms with Crippen molar-refractivity contribution in [2.75, 3.05) is 0 Å². The second-order valence-electron chi connectivity index (χ2n) is 16.9. The highest BCUT2D eigenvalue weighted by molar-refractivity contribution is 6.26. The Hall–Kier alpha value is -8.86. The lowest BCUT2D eigenvalue weighted by molar-refractivity contribution is 1.14. The lowest BCUT2D eigenvalue weighted by Crippen LogP contribution is -2.01. The molecule has 308 valence electrons. The Kier molecular flexibility index (Phi) is 8.81. The summed E-state index contributed by atoms with van der Waals surface area (Å²) in [4.78, 5) is 10.9. The van der Waals surface area contributed by atoms with Gasteiger partial charge in [0.1, 0.15) is 0 Å². The van der Waals surface area contributed by atoms with E-state index in [-0.39, 0.29) is 0 Å². The molecule has 0 atom stereocenters. The Bertz CT molecular complexity index is 3970. The summed E-state index contributed by atoms with van der Waals surface area (Å²) in [7, 11) is 0. The van der Waals surface area contributed by atoms with Gasteiger partial charge in [0.25, 0.3) is 0 Å². The predicted molar refractivity (Wildman–Crippen MR) is 275 cm³/mol. The topological polar surface area (TPSA) is 35.6 Å². The van der Waals surface area contributed by atoms with Crippen molar-refractivity contribution in [1.29, 1.82) is 0 Å². The molecular weight excluding hydrogens is 801 g/mol. The van der Waals surface area contributed by atoms with E-state index in [2.05, 4.69) is 252 Å². The van der Waals surface area contributed by atoms with Gasteiger partial charge in [-0.25, -0.2) is 9.97 Å².